The summed E-state index contributed by atoms with van der Waals surface area (Å²) in [4.78, 5) is 15.1. The number of nitrogens with zero attached hydrogens (tertiary/aromatic N) is 1. The lowest BCUT2D eigenvalue weighted by Crippen LogP contribution is -2.08. The Bertz CT molecular complexity index is 328. The molecular formula is C8H8Cl2N2O. The van der Waals surface area contributed by atoms with Gasteiger partial charge < -0.3 is 5.73 Å². The van der Waals surface area contributed by atoms with Gasteiger partial charge in [-0.05, 0) is 12.6 Å². The van der Waals surface area contributed by atoms with E-state index in [4.69, 9.17) is 28.9 Å². The maximum Gasteiger partial charge on any atom is 0.167 e. The first-order chi connectivity index (χ1) is 6.15. The predicted octanol–water partition coefficient (Wildman–Crippen LogP) is 1.92. The number of aromatic nitrogens is 1. The molecule has 2 N–H and O–H groups in total. The van der Waals surface area contributed by atoms with Gasteiger partial charge in [-0.2, -0.15) is 0 Å². The maximum absolute atomic E-state index is 11.3. The highest BCUT2D eigenvalue weighted by Gasteiger charge is 2.10. The number of Topliss-reactive ketones (excluding diaryl/α,β-unsaturated/α-hetero) is 1. The molecule has 0 unspecified atom stereocenters. The van der Waals surface area contributed by atoms with Crippen LogP contribution in [0.2, 0.25) is 10.2 Å². The number of pyridine rings is 1. The van der Waals surface area contributed by atoms with Crippen LogP contribution in [0.3, 0.4) is 0 Å². The van der Waals surface area contributed by atoms with E-state index in [0.29, 0.717) is 17.1 Å². The highest BCUT2D eigenvalue weighted by atomic mass is 35.5. The molecule has 1 aromatic heterocycles. The van der Waals surface area contributed by atoms with E-state index in [1.807, 2.05) is 0 Å². The number of halogens is 2. The average Bonchev–Trinajstić information content (AvgIpc) is 2.04. The number of rotatable bonds is 3. The molecule has 0 aromatic carbocycles. The molecule has 0 amide bonds. The van der Waals surface area contributed by atoms with Crippen molar-refractivity contribution in [2.75, 3.05) is 6.54 Å². The summed E-state index contributed by atoms with van der Waals surface area (Å²) < 4.78 is 0. The molecule has 13 heavy (non-hydrogen) atoms. The first kappa shape index (κ1) is 10.4. The van der Waals surface area contributed by atoms with Crippen LogP contribution < -0.4 is 5.73 Å². The van der Waals surface area contributed by atoms with Gasteiger partial charge >= 0.3 is 0 Å². The Labute approximate surface area is 85.9 Å². The van der Waals surface area contributed by atoms with Crippen molar-refractivity contribution in [2.24, 2.45) is 5.73 Å². The Hall–Kier alpha value is -0.640. The van der Waals surface area contributed by atoms with E-state index >= 15 is 0 Å². The summed E-state index contributed by atoms with van der Waals surface area (Å²) in [6.45, 7) is 0.303. The van der Waals surface area contributed by atoms with Crippen LogP contribution in [0.25, 0.3) is 0 Å². The summed E-state index contributed by atoms with van der Waals surface area (Å²) in [6, 6.07) is 1.44. The standard InChI is InChI=1S/C8H8Cl2N2O/c9-6-3-8(10)12-4-5(6)7(13)1-2-11/h3-4H,1-2,11H2. The van der Waals surface area contributed by atoms with Crippen molar-refractivity contribution in [3.8, 4) is 0 Å². The van der Waals surface area contributed by atoms with Crippen molar-refractivity contribution in [3.05, 3.63) is 28.0 Å². The lowest BCUT2D eigenvalue weighted by atomic mass is 10.1. The second kappa shape index (κ2) is 4.56. The number of carbonyl (C=O) groups is 1. The van der Waals surface area contributed by atoms with Crippen molar-refractivity contribution in [1.82, 2.24) is 4.98 Å². The largest absolute Gasteiger partial charge is 0.330 e. The van der Waals surface area contributed by atoms with E-state index < -0.39 is 0 Å². The van der Waals surface area contributed by atoms with E-state index in [9.17, 15) is 4.79 Å². The molecule has 1 heterocycles. The van der Waals surface area contributed by atoms with E-state index in [0.717, 1.165) is 0 Å². The highest BCUT2D eigenvalue weighted by Crippen LogP contribution is 2.19. The average molecular weight is 219 g/mol. The van der Waals surface area contributed by atoms with Crippen LogP contribution in [0.1, 0.15) is 16.8 Å². The van der Waals surface area contributed by atoms with Crippen molar-refractivity contribution < 1.29 is 4.79 Å². The Morgan fingerprint density at radius 3 is 2.77 bits per heavy atom. The quantitative estimate of drug-likeness (QED) is 0.624. The number of hydrogen-bond donors (Lipinski definition) is 1. The molecule has 0 aliphatic carbocycles. The SMILES string of the molecule is NCCC(=O)c1cnc(Cl)cc1Cl. The van der Waals surface area contributed by atoms with Crippen LogP contribution in [0, 0.1) is 0 Å². The number of hydrogen-bond acceptors (Lipinski definition) is 3. The van der Waals surface area contributed by atoms with E-state index in [2.05, 4.69) is 4.98 Å². The van der Waals surface area contributed by atoms with Crippen LogP contribution in [-0.4, -0.2) is 17.3 Å². The van der Waals surface area contributed by atoms with Gasteiger partial charge in [0.15, 0.2) is 5.78 Å². The second-order valence-electron chi connectivity index (χ2n) is 2.45. The molecular weight excluding hydrogens is 211 g/mol. The molecule has 70 valence electrons. The number of nitrogens with two attached hydrogens (primary N) is 1. The van der Waals surface area contributed by atoms with Gasteiger partial charge in [-0.15, -0.1) is 0 Å². The van der Waals surface area contributed by atoms with Gasteiger partial charge in [0.2, 0.25) is 0 Å². The van der Waals surface area contributed by atoms with Crippen LogP contribution >= 0.6 is 23.2 Å². The molecule has 0 saturated heterocycles. The lowest BCUT2D eigenvalue weighted by molar-refractivity contribution is 0.0985. The van der Waals surface area contributed by atoms with E-state index in [1.165, 1.54) is 12.3 Å². The van der Waals surface area contributed by atoms with Gasteiger partial charge in [0.1, 0.15) is 5.15 Å². The fraction of sp³-hybridized carbons (Fsp3) is 0.250. The molecule has 5 heteroatoms. The molecule has 0 bridgehead atoms. The van der Waals surface area contributed by atoms with E-state index in [1.54, 1.807) is 0 Å². The Balaban J connectivity index is 2.95. The van der Waals surface area contributed by atoms with Crippen molar-refractivity contribution in [3.63, 3.8) is 0 Å². The summed E-state index contributed by atoms with van der Waals surface area (Å²) in [7, 11) is 0. The van der Waals surface area contributed by atoms with Crippen molar-refractivity contribution in [2.45, 2.75) is 6.42 Å². The van der Waals surface area contributed by atoms with Crippen LogP contribution in [0.5, 0.6) is 0 Å². The third-order valence-electron chi connectivity index (χ3n) is 1.49. The third-order valence-corrected chi connectivity index (χ3v) is 2.01. The molecule has 1 aromatic rings. The van der Waals surface area contributed by atoms with Crippen LogP contribution in [0.4, 0.5) is 0 Å². The molecule has 0 aliphatic heterocycles. The fourth-order valence-electron chi connectivity index (χ4n) is 0.878. The zero-order chi connectivity index (χ0) is 9.84. The molecule has 0 aliphatic rings. The van der Waals surface area contributed by atoms with Gasteiger partial charge in [0.05, 0.1) is 10.6 Å². The minimum atomic E-state index is -0.114. The smallest absolute Gasteiger partial charge is 0.167 e. The molecule has 0 saturated carbocycles. The Morgan fingerprint density at radius 1 is 1.54 bits per heavy atom. The lowest BCUT2D eigenvalue weighted by Gasteiger charge is -2.01. The molecule has 0 atom stereocenters. The molecule has 0 radical (unpaired) electrons. The van der Waals surface area contributed by atoms with Gasteiger partial charge in [-0.3, -0.25) is 4.79 Å². The summed E-state index contributed by atoms with van der Waals surface area (Å²) >= 11 is 11.3. The van der Waals surface area contributed by atoms with Crippen LogP contribution in [0.15, 0.2) is 12.3 Å². The van der Waals surface area contributed by atoms with Crippen LogP contribution in [-0.2, 0) is 0 Å². The first-order valence-corrected chi connectivity index (χ1v) is 4.45. The molecule has 0 spiro atoms. The monoisotopic (exact) mass is 218 g/mol. The first-order valence-electron chi connectivity index (χ1n) is 3.69. The zero-order valence-corrected chi connectivity index (χ0v) is 8.27. The van der Waals surface area contributed by atoms with Gasteiger partial charge in [-0.1, -0.05) is 23.2 Å². The van der Waals surface area contributed by atoms with Crippen molar-refractivity contribution >= 4 is 29.0 Å². The summed E-state index contributed by atoms with van der Waals surface area (Å²) in [6.07, 6.45) is 1.63. The third kappa shape index (κ3) is 2.66. The van der Waals surface area contributed by atoms with Gasteiger partial charge in [-0.25, -0.2) is 4.98 Å². The topological polar surface area (TPSA) is 56.0 Å². The van der Waals surface area contributed by atoms with Crippen molar-refractivity contribution in [1.29, 1.82) is 0 Å². The summed E-state index contributed by atoms with van der Waals surface area (Å²) in [5.41, 5.74) is 5.61. The molecule has 3 nitrogen and oxygen atoms in total. The summed E-state index contributed by atoms with van der Waals surface area (Å²) in [5, 5.41) is 0.591. The predicted molar refractivity (Wildman–Crippen MR) is 52.3 cm³/mol. The fourth-order valence-corrected chi connectivity index (χ4v) is 1.35. The second-order valence-corrected chi connectivity index (χ2v) is 3.24. The van der Waals surface area contributed by atoms with E-state index in [-0.39, 0.29) is 17.4 Å². The molecule has 0 fully saturated rings. The zero-order valence-electron chi connectivity index (χ0n) is 6.76. The minimum Gasteiger partial charge on any atom is -0.330 e. The van der Waals surface area contributed by atoms with Gasteiger partial charge in [0.25, 0.3) is 0 Å². The maximum atomic E-state index is 11.3. The number of ketones is 1. The Morgan fingerprint density at radius 2 is 2.23 bits per heavy atom. The Kier molecular flexibility index (Phi) is 3.66. The highest BCUT2D eigenvalue weighted by molar-refractivity contribution is 6.36. The number of carbonyl (C=O) groups excluding carboxylic acids is 1. The normalized spacial score (nSPS) is 10.1. The molecule has 1 rings (SSSR count). The minimum absolute atomic E-state index is 0.114. The summed E-state index contributed by atoms with van der Waals surface area (Å²) in [5.74, 6) is -0.114. The van der Waals surface area contributed by atoms with Gasteiger partial charge in [0, 0.05) is 12.6 Å².